The molecule has 0 spiro atoms. The molecule has 1 aliphatic rings. The maximum Gasteiger partial charge on any atom is 0.233 e. The number of sulfone groups is 1. The van der Waals surface area contributed by atoms with Crippen LogP contribution in [-0.4, -0.2) is 54.1 Å². The van der Waals surface area contributed by atoms with Gasteiger partial charge in [0.2, 0.25) is 5.91 Å². The summed E-state index contributed by atoms with van der Waals surface area (Å²) in [5.74, 6) is 0.569. The van der Waals surface area contributed by atoms with E-state index in [1.807, 2.05) is 25.1 Å². The van der Waals surface area contributed by atoms with Crippen LogP contribution in [-0.2, 0) is 14.6 Å². The Balaban J connectivity index is 1.73. The first-order valence-electron chi connectivity index (χ1n) is 9.80. The smallest absolute Gasteiger partial charge is 0.233 e. The minimum absolute atomic E-state index is 0.00452. The summed E-state index contributed by atoms with van der Waals surface area (Å²) < 4.78 is 23.7. The highest BCUT2D eigenvalue weighted by molar-refractivity contribution is 7.99. The van der Waals surface area contributed by atoms with Crippen molar-refractivity contribution in [1.29, 1.82) is 0 Å². The van der Waals surface area contributed by atoms with Crippen molar-refractivity contribution < 1.29 is 13.2 Å². The number of carbonyl (C=O) groups is 1. The van der Waals surface area contributed by atoms with Gasteiger partial charge >= 0.3 is 0 Å². The zero-order valence-corrected chi connectivity index (χ0v) is 18.4. The SMILES string of the molecule is CCCCN(C(=O)CSc1cc(C)c2cccc(C)c2n1)[C@@H]1CCS(=O)(=O)C1. The van der Waals surface area contributed by atoms with Crippen LogP contribution in [0.1, 0.15) is 37.3 Å². The van der Waals surface area contributed by atoms with Crippen molar-refractivity contribution in [2.45, 2.75) is 51.1 Å². The van der Waals surface area contributed by atoms with Crippen molar-refractivity contribution in [3.63, 3.8) is 0 Å². The molecule has 0 unspecified atom stereocenters. The standard InChI is InChI=1S/C21H28N2O3S2/c1-4-5-10-23(17-9-11-28(25,26)14-17)20(24)13-27-19-12-16(3)18-8-6-7-15(2)21(18)22-19/h6-8,12,17H,4-5,9-11,13-14H2,1-3H3/t17-/m1/s1. The zero-order valence-electron chi connectivity index (χ0n) is 16.8. The van der Waals surface area contributed by atoms with Gasteiger partial charge in [-0.3, -0.25) is 4.79 Å². The van der Waals surface area contributed by atoms with E-state index in [0.29, 0.717) is 13.0 Å². The van der Waals surface area contributed by atoms with E-state index in [1.54, 1.807) is 4.90 Å². The fourth-order valence-corrected chi connectivity index (χ4v) is 6.27. The second-order valence-electron chi connectivity index (χ2n) is 7.53. The molecule has 0 radical (unpaired) electrons. The van der Waals surface area contributed by atoms with Gasteiger partial charge in [-0.2, -0.15) is 0 Å². The van der Waals surface area contributed by atoms with Crippen LogP contribution in [0.3, 0.4) is 0 Å². The van der Waals surface area contributed by atoms with Gasteiger partial charge in [0.15, 0.2) is 9.84 Å². The normalized spacial score (nSPS) is 18.5. The van der Waals surface area contributed by atoms with Gasteiger partial charge in [0, 0.05) is 18.0 Å². The molecule has 1 aromatic carbocycles. The lowest BCUT2D eigenvalue weighted by molar-refractivity contribution is -0.130. The number of para-hydroxylation sites is 1. The third-order valence-electron chi connectivity index (χ3n) is 5.29. The van der Waals surface area contributed by atoms with Crippen LogP contribution >= 0.6 is 11.8 Å². The highest BCUT2D eigenvalue weighted by Crippen LogP contribution is 2.26. The number of thioether (sulfide) groups is 1. The third-order valence-corrected chi connectivity index (χ3v) is 7.94. The molecule has 0 saturated carbocycles. The van der Waals surface area contributed by atoms with Gasteiger partial charge in [0.1, 0.15) is 0 Å². The highest BCUT2D eigenvalue weighted by atomic mass is 32.2. The van der Waals surface area contributed by atoms with Gasteiger partial charge in [0.25, 0.3) is 0 Å². The number of fused-ring (bicyclic) bond motifs is 1. The van der Waals surface area contributed by atoms with Crippen molar-refractivity contribution in [3.05, 3.63) is 35.4 Å². The molecule has 1 atom stereocenters. The van der Waals surface area contributed by atoms with Gasteiger partial charge in [-0.15, -0.1) is 0 Å². The topological polar surface area (TPSA) is 67.3 Å². The molecule has 7 heteroatoms. The number of rotatable bonds is 7. The number of aromatic nitrogens is 1. The van der Waals surface area contributed by atoms with Crippen molar-refractivity contribution >= 4 is 38.4 Å². The predicted molar refractivity (Wildman–Crippen MR) is 116 cm³/mol. The monoisotopic (exact) mass is 420 g/mol. The van der Waals surface area contributed by atoms with Crippen LogP contribution < -0.4 is 0 Å². The summed E-state index contributed by atoms with van der Waals surface area (Å²) in [4.78, 5) is 19.5. The summed E-state index contributed by atoms with van der Waals surface area (Å²) in [6, 6.07) is 7.98. The molecule has 2 heterocycles. The molecule has 1 saturated heterocycles. The second-order valence-corrected chi connectivity index (χ2v) is 10.8. The second kappa shape index (κ2) is 8.82. The van der Waals surface area contributed by atoms with Crippen molar-refractivity contribution in [2.75, 3.05) is 23.8 Å². The number of pyridine rings is 1. The number of aryl methyl sites for hydroxylation is 2. The van der Waals surface area contributed by atoms with E-state index < -0.39 is 9.84 Å². The molecule has 1 amide bonds. The lowest BCUT2D eigenvalue weighted by atomic mass is 10.1. The zero-order chi connectivity index (χ0) is 20.3. The van der Waals surface area contributed by atoms with E-state index in [4.69, 9.17) is 4.98 Å². The van der Waals surface area contributed by atoms with E-state index >= 15 is 0 Å². The molecule has 28 heavy (non-hydrogen) atoms. The average molecular weight is 421 g/mol. The van der Waals surface area contributed by atoms with Crippen molar-refractivity contribution in [3.8, 4) is 0 Å². The van der Waals surface area contributed by atoms with E-state index in [-0.39, 0.29) is 29.2 Å². The van der Waals surface area contributed by atoms with Crippen molar-refractivity contribution in [1.82, 2.24) is 9.88 Å². The third kappa shape index (κ3) is 4.87. The average Bonchev–Trinajstić information content (AvgIpc) is 3.01. The summed E-state index contributed by atoms with van der Waals surface area (Å²) in [5.41, 5.74) is 3.24. The molecular weight excluding hydrogens is 392 g/mol. The van der Waals surface area contributed by atoms with Crippen LogP contribution in [0, 0.1) is 13.8 Å². The number of nitrogens with zero attached hydrogens (tertiary/aromatic N) is 2. The van der Waals surface area contributed by atoms with E-state index in [2.05, 4.69) is 19.9 Å². The predicted octanol–water partition coefficient (Wildman–Crippen LogP) is 3.76. The Morgan fingerprint density at radius 3 is 2.75 bits per heavy atom. The molecule has 3 rings (SSSR count). The summed E-state index contributed by atoms with van der Waals surface area (Å²) in [6.45, 7) is 6.81. The fourth-order valence-electron chi connectivity index (χ4n) is 3.68. The van der Waals surface area contributed by atoms with Gasteiger partial charge in [-0.1, -0.05) is 43.3 Å². The Kier molecular flexibility index (Phi) is 6.65. The van der Waals surface area contributed by atoms with Crippen LogP contribution in [0.4, 0.5) is 0 Å². The molecule has 2 aromatic rings. The van der Waals surface area contributed by atoms with Crippen molar-refractivity contribution in [2.24, 2.45) is 0 Å². The molecule has 152 valence electrons. The molecule has 1 aromatic heterocycles. The first kappa shape index (κ1) is 21.1. The van der Waals surface area contributed by atoms with Gasteiger partial charge in [-0.25, -0.2) is 13.4 Å². The van der Waals surface area contributed by atoms with Crippen LogP contribution in [0.25, 0.3) is 10.9 Å². The van der Waals surface area contributed by atoms with E-state index in [1.165, 1.54) is 11.8 Å². The van der Waals surface area contributed by atoms with Gasteiger partial charge < -0.3 is 4.90 Å². The maximum atomic E-state index is 12.9. The van der Waals surface area contributed by atoms with Gasteiger partial charge in [-0.05, 0) is 43.9 Å². The largest absolute Gasteiger partial charge is 0.338 e. The lowest BCUT2D eigenvalue weighted by Gasteiger charge is -2.28. The van der Waals surface area contributed by atoms with Crippen LogP contribution in [0.15, 0.2) is 29.3 Å². The first-order chi connectivity index (χ1) is 13.3. The Hall–Kier alpha value is -1.60. The maximum absolute atomic E-state index is 12.9. The molecule has 5 nitrogen and oxygen atoms in total. The molecular formula is C21H28N2O3S2. The summed E-state index contributed by atoms with van der Waals surface area (Å²) in [7, 11) is -3.01. The minimum Gasteiger partial charge on any atom is -0.338 e. The van der Waals surface area contributed by atoms with E-state index in [9.17, 15) is 13.2 Å². The summed E-state index contributed by atoms with van der Waals surface area (Å²) in [6.07, 6.45) is 2.41. The molecule has 0 N–H and O–H groups in total. The number of amides is 1. The lowest BCUT2D eigenvalue weighted by Crippen LogP contribution is -2.42. The van der Waals surface area contributed by atoms with E-state index in [0.717, 1.165) is 39.9 Å². The Morgan fingerprint density at radius 1 is 1.29 bits per heavy atom. The Bertz CT molecular complexity index is 973. The number of carbonyl (C=O) groups excluding carboxylic acids is 1. The quantitative estimate of drug-likeness (QED) is 0.638. The molecule has 0 aliphatic carbocycles. The molecule has 0 bridgehead atoms. The number of unbranched alkanes of at least 4 members (excludes halogenated alkanes) is 1. The summed E-state index contributed by atoms with van der Waals surface area (Å²) >= 11 is 1.43. The molecule has 1 aliphatic heterocycles. The molecule has 1 fully saturated rings. The number of hydrogen-bond donors (Lipinski definition) is 0. The summed E-state index contributed by atoms with van der Waals surface area (Å²) in [5, 5.41) is 1.97. The Morgan fingerprint density at radius 2 is 2.07 bits per heavy atom. The first-order valence-corrected chi connectivity index (χ1v) is 12.6. The number of hydrogen-bond acceptors (Lipinski definition) is 5. The number of benzene rings is 1. The highest BCUT2D eigenvalue weighted by Gasteiger charge is 2.34. The van der Waals surface area contributed by atoms with Crippen LogP contribution in [0.5, 0.6) is 0 Å². The fraction of sp³-hybridized carbons (Fsp3) is 0.524. The van der Waals surface area contributed by atoms with Gasteiger partial charge in [0.05, 0.1) is 27.8 Å². The Labute approximate surface area is 171 Å². The van der Waals surface area contributed by atoms with Crippen LogP contribution in [0.2, 0.25) is 0 Å². The minimum atomic E-state index is -3.01.